The van der Waals surface area contributed by atoms with Gasteiger partial charge in [-0.15, -0.1) is 0 Å². The van der Waals surface area contributed by atoms with E-state index in [1.54, 1.807) is 12.1 Å². The summed E-state index contributed by atoms with van der Waals surface area (Å²) in [5, 5.41) is 9.57. The highest BCUT2D eigenvalue weighted by Gasteiger charge is 2.46. The van der Waals surface area contributed by atoms with Crippen LogP contribution in [0.15, 0.2) is 24.3 Å². The Hall–Kier alpha value is -1.55. The standard InChI is InChI=1S/C18H26N2O2/c1-19(2)8-6-13-7-9-20(12-13)18(22)17-11-16(17)14-4-3-5-15(21)10-14/h3-5,10,13,16-17,21H,6-9,11-12H2,1-2H3/t13?,16-,17+/m0/s1. The fourth-order valence-corrected chi connectivity index (χ4v) is 3.54. The first-order valence-corrected chi connectivity index (χ1v) is 8.27. The predicted molar refractivity (Wildman–Crippen MR) is 86.8 cm³/mol. The molecule has 1 saturated carbocycles. The summed E-state index contributed by atoms with van der Waals surface area (Å²) in [7, 11) is 4.20. The van der Waals surface area contributed by atoms with Crippen molar-refractivity contribution in [2.75, 3.05) is 33.7 Å². The number of likely N-dealkylation sites (tertiary alicyclic amines) is 1. The molecular formula is C18H26N2O2. The van der Waals surface area contributed by atoms with E-state index in [4.69, 9.17) is 0 Å². The van der Waals surface area contributed by atoms with Crippen LogP contribution in [0.25, 0.3) is 0 Å². The molecule has 4 heteroatoms. The van der Waals surface area contributed by atoms with Gasteiger partial charge in [-0.1, -0.05) is 12.1 Å². The van der Waals surface area contributed by atoms with Gasteiger partial charge >= 0.3 is 0 Å². The first-order chi connectivity index (χ1) is 10.5. The zero-order valence-corrected chi connectivity index (χ0v) is 13.5. The maximum absolute atomic E-state index is 12.6. The van der Waals surface area contributed by atoms with Crippen molar-refractivity contribution in [1.82, 2.24) is 9.80 Å². The van der Waals surface area contributed by atoms with Gasteiger partial charge in [0.2, 0.25) is 5.91 Å². The van der Waals surface area contributed by atoms with Crippen molar-refractivity contribution in [3.8, 4) is 5.75 Å². The van der Waals surface area contributed by atoms with E-state index >= 15 is 0 Å². The number of benzene rings is 1. The van der Waals surface area contributed by atoms with E-state index in [1.807, 2.05) is 12.1 Å². The summed E-state index contributed by atoms with van der Waals surface area (Å²) in [5.74, 6) is 1.71. The van der Waals surface area contributed by atoms with Crippen molar-refractivity contribution >= 4 is 5.91 Å². The number of carbonyl (C=O) groups is 1. The van der Waals surface area contributed by atoms with E-state index in [-0.39, 0.29) is 5.92 Å². The number of nitrogens with zero attached hydrogens (tertiary/aromatic N) is 2. The highest BCUT2D eigenvalue weighted by Crippen LogP contribution is 2.49. The molecule has 0 radical (unpaired) electrons. The molecule has 1 N–H and O–H groups in total. The molecule has 3 atom stereocenters. The van der Waals surface area contributed by atoms with Gasteiger partial charge in [0, 0.05) is 19.0 Å². The van der Waals surface area contributed by atoms with Gasteiger partial charge < -0.3 is 14.9 Å². The maximum Gasteiger partial charge on any atom is 0.226 e. The lowest BCUT2D eigenvalue weighted by Gasteiger charge is -2.18. The molecule has 1 heterocycles. The molecule has 2 fully saturated rings. The summed E-state index contributed by atoms with van der Waals surface area (Å²) in [4.78, 5) is 16.9. The van der Waals surface area contributed by atoms with E-state index in [2.05, 4.69) is 23.9 Å². The van der Waals surface area contributed by atoms with Crippen LogP contribution in [0.5, 0.6) is 5.75 Å². The summed E-state index contributed by atoms with van der Waals surface area (Å²) in [6, 6.07) is 7.35. The van der Waals surface area contributed by atoms with Crippen LogP contribution < -0.4 is 0 Å². The van der Waals surface area contributed by atoms with Crippen LogP contribution in [-0.2, 0) is 4.79 Å². The van der Waals surface area contributed by atoms with Crippen LogP contribution in [0.1, 0.15) is 30.7 Å². The van der Waals surface area contributed by atoms with E-state index in [9.17, 15) is 9.90 Å². The molecule has 0 spiro atoms. The van der Waals surface area contributed by atoms with Gasteiger partial charge in [-0.05, 0) is 69.4 Å². The van der Waals surface area contributed by atoms with Crippen LogP contribution in [0.3, 0.4) is 0 Å². The number of rotatable bonds is 5. The molecule has 1 aromatic carbocycles. The molecule has 4 nitrogen and oxygen atoms in total. The van der Waals surface area contributed by atoms with Gasteiger partial charge in [-0.3, -0.25) is 4.79 Å². The average Bonchev–Trinajstić information content (AvgIpc) is 3.15. The molecule has 1 unspecified atom stereocenters. The zero-order valence-electron chi connectivity index (χ0n) is 13.5. The van der Waals surface area contributed by atoms with Crippen LogP contribution in [0, 0.1) is 11.8 Å². The first-order valence-electron chi connectivity index (χ1n) is 8.27. The van der Waals surface area contributed by atoms with Gasteiger partial charge in [0.1, 0.15) is 5.75 Å². The van der Waals surface area contributed by atoms with Gasteiger partial charge in [-0.2, -0.15) is 0 Å². The van der Waals surface area contributed by atoms with Gasteiger partial charge in [0.15, 0.2) is 0 Å². The molecule has 1 aliphatic heterocycles. The SMILES string of the molecule is CN(C)CCC1CCN(C(=O)[C@@H]2C[C@H]2c2cccc(O)c2)C1. The first kappa shape index (κ1) is 15.3. The topological polar surface area (TPSA) is 43.8 Å². The van der Waals surface area contributed by atoms with Crippen molar-refractivity contribution in [2.45, 2.75) is 25.2 Å². The minimum Gasteiger partial charge on any atom is -0.508 e. The summed E-state index contributed by atoms with van der Waals surface area (Å²) in [6.45, 7) is 2.94. The second-order valence-corrected chi connectivity index (χ2v) is 7.07. The largest absolute Gasteiger partial charge is 0.508 e. The van der Waals surface area contributed by atoms with Crippen LogP contribution >= 0.6 is 0 Å². The minimum absolute atomic E-state index is 0.134. The maximum atomic E-state index is 12.6. The second-order valence-electron chi connectivity index (χ2n) is 7.07. The second kappa shape index (κ2) is 6.29. The smallest absolute Gasteiger partial charge is 0.226 e. The molecule has 1 saturated heterocycles. The predicted octanol–water partition coefficient (Wildman–Crippen LogP) is 2.30. The lowest BCUT2D eigenvalue weighted by atomic mass is 10.1. The molecule has 3 rings (SSSR count). The van der Waals surface area contributed by atoms with Crippen molar-refractivity contribution < 1.29 is 9.90 Å². The molecule has 1 amide bonds. The number of hydrogen-bond acceptors (Lipinski definition) is 3. The third kappa shape index (κ3) is 3.43. The monoisotopic (exact) mass is 302 g/mol. The number of phenols is 1. The highest BCUT2D eigenvalue weighted by molar-refractivity contribution is 5.83. The Balaban J connectivity index is 1.51. The summed E-state index contributed by atoms with van der Waals surface area (Å²) < 4.78 is 0. The van der Waals surface area contributed by atoms with Crippen molar-refractivity contribution in [1.29, 1.82) is 0 Å². The average molecular weight is 302 g/mol. The number of carbonyl (C=O) groups excluding carboxylic acids is 1. The summed E-state index contributed by atoms with van der Waals surface area (Å²) in [5.41, 5.74) is 1.10. The van der Waals surface area contributed by atoms with Crippen LogP contribution in [-0.4, -0.2) is 54.5 Å². The van der Waals surface area contributed by atoms with Crippen molar-refractivity contribution in [3.05, 3.63) is 29.8 Å². The van der Waals surface area contributed by atoms with E-state index in [1.165, 1.54) is 6.42 Å². The van der Waals surface area contributed by atoms with E-state index in [0.717, 1.165) is 38.0 Å². The Kier molecular flexibility index (Phi) is 4.39. The number of hydrogen-bond donors (Lipinski definition) is 1. The third-order valence-corrected chi connectivity index (χ3v) is 4.99. The third-order valence-electron chi connectivity index (χ3n) is 4.99. The number of phenolic OH excluding ortho intramolecular Hbond substituents is 1. The quantitative estimate of drug-likeness (QED) is 0.907. The summed E-state index contributed by atoms with van der Waals surface area (Å²) >= 11 is 0. The Morgan fingerprint density at radius 3 is 2.95 bits per heavy atom. The highest BCUT2D eigenvalue weighted by atomic mass is 16.3. The molecule has 2 aliphatic rings. The molecule has 0 bridgehead atoms. The van der Waals surface area contributed by atoms with Gasteiger partial charge in [-0.25, -0.2) is 0 Å². The van der Waals surface area contributed by atoms with E-state index < -0.39 is 0 Å². The molecule has 120 valence electrons. The molecule has 1 aromatic rings. The van der Waals surface area contributed by atoms with Gasteiger partial charge in [0.05, 0.1) is 0 Å². The fourth-order valence-electron chi connectivity index (χ4n) is 3.54. The minimum atomic E-state index is 0.134. The van der Waals surface area contributed by atoms with Crippen molar-refractivity contribution in [2.24, 2.45) is 11.8 Å². The molecule has 0 aromatic heterocycles. The zero-order chi connectivity index (χ0) is 15.7. The molecule has 1 aliphatic carbocycles. The Bertz CT molecular complexity index is 544. The van der Waals surface area contributed by atoms with Crippen LogP contribution in [0.2, 0.25) is 0 Å². The van der Waals surface area contributed by atoms with Crippen molar-refractivity contribution in [3.63, 3.8) is 0 Å². The lowest BCUT2D eigenvalue weighted by molar-refractivity contribution is -0.131. The van der Waals surface area contributed by atoms with E-state index in [0.29, 0.717) is 23.5 Å². The molecule has 22 heavy (non-hydrogen) atoms. The summed E-state index contributed by atoms with van der Waals surface area (Å²) in [6.07, 6.45) is 3.25. The number of aromatic hydroxyl groups is 1. The fraction of sp³-hybridized carbons (Fsp3) is 0.611. The number of amides is 1. The molecular weight excluding hydrogens is 276 g/mol. The van der Waals surface area contributed by atoms with Crippen LogP contribution in [0.4, 0.5) is 0 Å². The normalized spacial score (nSPS) is 27.4. The Labute approximate surface area is 132 Å². The Morgan fingerprint density at radius 2 is 2.23 bits per heavy atom. The lowest BCUT2D eigenvalue weighted by Crippen LogP contribution is -2.30. The Morgan fingerprint density at radius 1 is 1.41 bits per heavy atom. The van der Waals surface area contributed by atoms with Gasteiger partial charge in [0.25, 0.3) is 0 Å².